The molecule has 0 spiro atoms. The van der Waals surface area contributed by atoms with Crippen molar-refractivity contribution >= 4 is 0 Å². The summed E-state index contributed by atoms with van der Waals surface area (Å²) in [5.41, 5.74) is 0.0733. The third-order valence-electron chi connectivity index (χ3n) is 3.61. The second-order valence-electron chi connectivity index (χ2n) is 4.30. The van der Waals surface area contributed by atoms with Gasteiger partial charge in [-0.1, -0.05) is 19.9 Å². The largest absolute Gasteiger partial charge is 0.390 e. The Morgan fingerprint density at radius 1 is 1.67 bits per heavy atom. The number of rotatable bonds is 1. The van der Waals surface area contributed by atoms with Crippen LogP contribution < -0.4 is 0 Å². The molecule has 0 radical (unpaired) electrons. The van der Waals surface area contributed by atoms with Crippen molar-refractivity contribution < 1.29 is 9.84 Å². The molecule has 2 heteroatoms. The van der Waals surface area contributed by atoms with E-state index in [0.717, 1.165) is 6.42 Å². The fourth-order valence-corrected chi connectivity index (χ4v) is 2.26. The molecular weight excluding hydrogens is 152 g/mol. The zero-order valence-electron chi connectivity index (χ0n) is 7.66. The average molecular weight is 168 g/mol. The number of aliphatic hydroxyl groups is 1. The van der Waals surface area contributed by atoms with E-state index in [0.29, 0.717) is 5.92 Å². The van der Waals surface area contributed by atoms with Crippen molar-refractivity contribution in [2.45, 2.75) is 38.6 Å². The molecule has 12 heavy (non-hydrogen) atoms. The minimum atomic E-state index is -0.252. The van der Waals surface area contributed by atoms with Crippen molar-refractivity contribution in [3.05, 3.63) is 12.7 Å². The molecule has 1 N–H and O–H groups in total. The standard InChI is InChI=1S/C10H16O2/c1-4-10(3)6(2)5-7(11)8-9(10)12-8/h4,6-9,11H,1,5H2,2-3H3. The number of aliphatic hydroxyl groups excluding tert-OH is 1. The highest BCUT2D eigenvalue weighted by atomic mass is 16.6. The summed E-state index contributed by atoms with van der Waals surface area (Å²) >= 11 is 0. The molecule has 5 unspecified atom stereocenters. The van der Waals surface area contributed by atoms with Crippen LogP contribution in [0.4, 0.5) is 0 Å². The van der Waals surface area contributed by atoms with Gasteiger partial charge in [0.2, 0.25) is 0 Å². The molecule has 68 valence electrons. The molecule has 2 nitrogen and oxygen atoms in total. The van der Waals surface area contributed by atoms with E-state index in [4.69, 9.17) is 4.74 Å². The summed E-state index contributed by atoms with van der Waals surface area (Å²) in [5, 5.41) is 9.56. The van der Waals surface area contributed by atoms with Crippen LogP contribution in [0.5, 0.6) is 0 Å². The smallest absolute Gasteiger partial charge is 0.111 e. The summed E-state index contributed by atoms with van der Waals surface area (Å²) in [7, 11) is 0. The molecule has 2 fully saturated rings. The van der Waals surface area contributed by atoms with E-state index in [2.05, 4.69) is 20.4 Å². The first-order valence-electron chi connectivity index (χ1n) is 4.56. The molecule has 1 saturated heterocycles. The molecular formula is C10H16O2. The highest BCUT2D eigenvalue weighted by Gasteiger charge is 2.59. The van der Waals surface area contributed by atoms with E-state index < -0.39 is 0 Å². The van der Waals surface area contributed by atoms with Gasteiger partial charge in [0.25, 0.3) is 0 Å². The van der Waals surface area contributed by atoms with Crippen LogP contribution in [0.1, 0.15) is 20.3 Å². The second kappa shape index (κ2) is 2.33. The van der Waals surface area contributed by atoms with Gasteiger partial charge in [-0.25, -0.2) is 0 Å². The number of epoxide rings is 1. The lowest BCUT2D eigenvalue weighted by molar-refractivity contribution is 0.0777. The van der Waals surface area contributed by atoms with Crippen LogP contribution in [0.15, 0.2) is 12.7 Å². The molecule has 0 aromatic heterocycles. The maximum atomic E-state index is 9.56. The summed E-state index contributed by atoms with van der Waals surface area (Å²) in [4.78, 5) is 0. The molecule has 2 rings (SSSR count). The molecule has 1 aliphatic heterocycles. The Morgan fingerprint density at radius 2 is 2.33 bits per heavy atom. The summed E-state index contributed by atoms with van der Waals surface area (Å²) in [6.07, 6.45) is 2.87. The van der Waals surface area contributed by atoms with Gasteiger partial charge in [-0.3, -0.25) is 0 Å². The van der Waals surface area contributed by atoms with Crippen molar-refractivity contribution in [2.24, 2.45) is 11.3 Å². The van der Waals surface area contributed by atoms with Gasteiger partial charge in [0.1, 0.15) is 6.10 Å². The van der Waals surface area contributed by atoms with E-state index in [1.165, 1.54) is 0 Å². The zero-order chi connectivity index (χ0) is 8.93. The molecule has 0 amide bonds. The van der Waals surface area contributed by atoms with Gasteiger partial charge in [-0.2, -0.15) is 0 Å². The summed E-state index contributed by atoms with van der Waals surface area (Å²) in [5.74, 6) is 0.466. The first kappa shape index (κ1) is 8.27. The minimum Gasteiger partial charge on any atom is -0.390 e. The molecule has 0 bridgehead atoms. The first-order valence-corrected chi connectivity index (χ1v) is 4.56. The Bertz CT molecular complexity index is 210. The summed E-state index contributed by atoms with van der Waals surface area (Å²) in [6.45, 7) is 8.17. The normalized spacial score (nSPS) is 57.6. The molecule has 0 aromatic carbocycles. The monoisotopic (exact) mass is 168 g/mol. The van der Waals surface area contributed by atoms with Gasteiger partial charge in [0, 0.05) is 5.41 Å². The van der Waals surface area contributed by atoms with Crippen LogP contribution in [0.2, 0.25) is 0 Å². The van der Waals surface area contributed by atoms with Gasteiger partial charge in [0.05, 0.1) is 12.2 Å². The summed E-state index contributed by atoms with van der Waals surface area (Å²) < 4.78 is 5.45. The highest BCUT2D eigenvalue weighted by molar-refractivity contribution is 5.14. The minimum absolute atomic E-state index is 0.0733. The first-order chi connectivity index (χ1) is 5.59. The molecule has 0 aromatic rings. The van der Waals surface area contributed by atoms with Gasteiger partial charge in [0.15, 0.2) is 0 Å². The van der Waals surface area contributed by atoms with Crippen molar-refractivity contribution in [3.8, 4) is 0 Å². The van der Waals surface area contributed by atoms with E-state index in [1.807, 2.05) is 6.08 Å². The number of fused-ring (bicyclic) bond motifs is 1. The number of ether oxygens (including phenoxy) is 1. The molecule has 1 aliphatic carbocycles. The SMILES string of the molecule is C=CC1(C)C(C)CC(O)C2OC21. The fraction of sp³-hybridized carbons (Fsp3) is 0.800. The highest BCUT2D eigenvalue weighted by Crippen LogP contribution is 2.52. The topological polar surface area (TPSA) is 32.8 Å². The van der Waals surface area contributed by atoms with Crippen molar-refractivity contribution in [1.29, 1.82) is 0 Å². The van der Waals surface area contributed by atoms with Crippen molar-refractivity contribution in [2.75, 3.05) is 0 Å². The Labute approximate surface area is 73.2 Å². The Hall–Kier alpha value is -0.340. The maximum absolute atomic E-state index is 9.56. The van der Waals surface area contributed by atoms with Crippen molar-refractivity contribution in [1.82, 2.24) is 0 Å². The van der Waals surface area contributed by atoms with Crippen LogP contribution in [-0.2, 0) is 4.74 Å². The lowest BCUT2D eigenvalue weighted by Gasteiger charge is -2.36. The van der Waals surface area contributed by atoms with E-state index in [9.17, 15) is 5.11 Å². The van der Waals surface area contributed by atoms with E-state index in [-0.39, 0.29) is 23.7 Å². The second-order valence-corrected chi connectivity index (χ2v) is 4.30. The molecule has 1 heterocycles. The van der Waals surface area contributed by atoms with Crippen LogP contribution in [-0.4, -0.2) is 23.4 Å². The quantitative estimate of drug-likeness (QED) is 0.473. The third-order valence-corrected chi connectivity index (χ3v) is 3.61. The average Bonchev–Trinajstić information content (AvgIpc) is 2.80. The van der Waals surface area contributed by atoms with Crippen LogP contribution in [0, 0.1) is 11.3 Å². The van der Waals surface area contributed by atoms with Gasteiger partial charge in [-0.15, -0.1) is 6.58 Å². The Kier molecular flexibility index (Phi) is 1.61. The molecule has 2 aliphatic rings. The van der Waals surface area contributed by atoms with Crippen LogP contribution >= 0.6 is 0 Å². The zero-order valence-corrected chi connectivity index (χ0v) is 7.66. The lowest BCUT2D eigenvalue weighted by atomic mass is 9.67. The van der Waals surface area contributed by atoms with Crippen LogP contribution in [0.25, 0.3) is 0 Å². The summed E-state index contributed by atoms with van der Waals surface area (Å²) in [6, 6.07) is 0. The Balaban J connectivity index is 2.21. The van der Waals surface area contributed by atoms with Crippen molar-refractivity contribution in [3.63, 3.8) is 0 Å². The fourth-order valence-electron chi connectivity index (χ4n) is 2.26. The van der Waals surface area contributed by atoms with E-state index in [1.54, 1.807) is 0 Å². The number of hydrogen-bond acceptors (Lipinski definition) is 2. The predicted octanol–water partition coefficient (Wildman–Crippen LogP) is 1.35. The maximum Gasteiger partial charge on any atom is 0.111 e. The third kappa shape index (κ3) is 0.882. The van der Waals surface area contributed by atoms with E-state index >= 15 is 0 Å². The van der Waals surface area contributed by atoms with Gasteiger partial charge >= 0.3 is 0 Å². The van der Waals surface area contributed by atoms with Gasteiger partial charge in [-0.05, 0) is 12.3 Å². The molecule has 1 saturated carbocycles. The van der Waals surface area contributed by atoms with Crippen LogP contribution in [0.3, 0.4) is 0 Å². The number of hydrogen-bond donors (Lipinski definition) is 1. The Morgan fingerprint density at radius 3 is 2.92 bits per heavy atom. The molecule has 5 atom stereocenters. The lowest BCUT2D eigenvalue weighted by Crippen LogP contribution is -2.40. The van der Waals surface area contributed by atoms with Gasteiger partial charge < -0.3 is 9.84 Å². The predicted molar refractivity (Wildman–Crippen MR) is 46.8 cm³/mol.